The highest BCUT2D eigenvalue weighted by molar-refractivity contribution is 5.99. The molecule has 0 fully saturated rings. The maximum atomic E-state index is 13.7. The zero-order valence-corrected chi connectivity index (χ0v) is 21.0. The molecule has 0 saturated carbocycles. The van der Waals surface area contributed by atoms with Gasteiger partial charge in [-0.1, -0.05) is 42.5 Å². The van der Waals surface area contributed by atoms with Gasteiger partial charge in [-0.2, -0.15) is 0 Å². The third-order valence-corrected chi connectivity index (χ3v) is 7.13. The minimum Gasteiger partial charge on any atom is -0.497 e. The number of methoxy groups -OCH3 is 2. The van der Waals surface area contributed by atoms with Crippen molar-refractivity contribution in [1.29, 1.82) is 0 Å². The molecule has 1 aliphatic rings. The first-order valence-electron chi connectivity index (χ1n) is 11.9. The molecular formula is C29H26N4O4. The number of aromatic nitrogens is 3. The fourth-order valence-corrected chi connectivity index (χ4v) is 5.38. The quantitative estimate of drug-likeness (QED) is 0.405. The molecule has 1 aliphatic heterocycles. The summed E-state index contributed by atoms with van der Waals surface area (Å²) < 4.78 is 16.1. The van der Waals surface area contributed by atoms with Crippen molar-refractivity contribution < 1.29 is 9.47 Å². The number of rotatable bonds is 4. The predicted molar refractivity (Wildman–Crippen MR) is 144 cm³/mol. The van der Waals surface area contributed by atoms with Gasteiger partial charge in [0.25, 0.3) is 5.56 Å². The van der Waals surface area contributed by atoms with E-state index in [-0.39, 0.29) is 11.2 Å². The Hall–Kier alpha value is -4.72. The minimum absolute atomic E-state index is 0.336. The van der Waals surface area contributed by atoms with E-state index >= 15 is 0 Å². The number of nitrogens with one attached hydrogen (secondary N) is 1. The van der Waals surface area contributed by atoms with Crippen LogP contribution in [0.4, 0.5) is 5.69 Å². The number of benzene rings is 3. The van der Waals surface area contributed by atoms with Gasteiger partial charge in [0.1, 0.15) is 11.5 Å². The molecule has 0 aliphatic carbocycles. The number of aryl methyl sites for hydroxylation is 1. The Morgan fingerprint density at radius 3 is 2.30 bits per heavy atom. The van der Waals surface area contributed by atoms with Crippen molar-refractivity contribution in [2.75, 3.05) is 19.5 Å². The van der Waals surface area contributed by atoms with Crippen molar-refractivity contribution in [1.82, 2.24) is 13.7 Å². The van der Waals surface area contributed by atoms with Crippen molar-refractivity contribution in [2.24, 2.45) is 14.1 Å². The van der Waals surface area contributed by atoms with Crippen LogP contribution in [0.3, 0.4) is 0 Å². The monoisotopic (exact) mass is 494 g/mol. The second kappa shape index (κ2) is 8.44. The van der Waals surface area contributed by atoms with Crippen LogP contribution in [-0.4, -0.2) is 27.9 Å². The van der Waals surface area contributed by atoms with Crippen molar-refractivity contribution in [3.63, 3.8) is 0 Å². The van der Waals surface area contributed by atoms with Crippen molar-refractivity contribution in [3.8, 4) is 28.4 Å². The van der Waals surface area contributed by atoms with Gasteiger partial charge in [-0.3, -0.25) is 13.9 Å². The summed E-state index contributed by atoms with van der Waals surface area (Å²) in [6.07, 6.45) is 0. The van der Waals surface area contributed by atoms with Crippen molar-refractivity contribution in [3.05, 3.63) is 105 Å². The number of ether oxygens (including phenoxy) is 2. The second-order valence-electron chi connectivity index (χ2n) is 9.07. The third kappa shape index (κ3) is 3.22. The topological polar surface area (TPSA) is 79.4 Å². The molecule has 186 valence electrons. The van der Waals surface area contributed by atoms with E-state index < -0.39 is 6.04 Å². The molecule has 3 heterocycles. The molecule has 8 nitrogen and oxygen atoms in total. The van der Waals surface area contributed by atoms with Crippen molar-refractivity contribution in [2.45, 2.75) is 6.04 Å². The smallest absolute Gasteiger partial charge is 0.331 e. The van der Waals surface area contributed by atoms with Crippen LogP contribution in [-0.2, 0) is 14.1 Å². The summed E-state index contributed by atoms with van der Waals surface area (Å²) >= 11 is 0. The highest BCUT2D eigenvalue weighted by Gasteiger charge is 2.35. The van der Waals surface area contributed by atoms with E-state index in [2.05, 4.69) is 9.88 Å². The second-order valence-corrected chi connectivity index (χ2v) is 9.07. The molecule has 0 saturated heterocycles. The van der Waals surface area contributed by atoms with Crippen LogP contribution in [0.25, 0.3) is 27.8 Å². The van der Waals surface area contributed by atoms with Gasteiger partial charge in [0.05, 0.1) is 53.9 Å². The largest absolute Gasteiger partial charge is 0.497 e. The van der Waals surface area contributed by atoms with Gasteiger partial charge >= 0.3 is 5.69 Å². The van der Waals surface area contributed by atoms with Crippen LogP contribution in [0.1, 0.15) is 17.3 Å². The molecule has 0 radical (unpaired) electrons. The molecule has 2 aromatic heterocycles. The Bertz CT molecular complexity index is 1800. The highest BCUT2D eigenvalue weighted by Crippen LogP contribution is 2.47. The highest BCUT2D eigenvalue weighted by atomic mass is 16.5. The van der Waals surface area contributed by atoms with Gasteiger partial charge < -0.3 is 19.4 Å². The van der Waals surface area contributed by atoms with Crippen LogP contribution in [0.2, 0.25) is 0 Å². The van der Waals surface area contributed by atoms with Crippen molar-refractivity contribution >= 4 is 16.6 Å². The number of nitrogens with zero attached hydrogens (tertiary/aromatic N) is 3. The van der Waals surface area contributed by atoms with Crippen LogP contribution in [0, 0.1) is 0 Å². The third-order valence-electron chi connectivity index (χ3n) is 7.13. The Morgan fingerprint density at radius 1 is 0.838 bits per heavy atom. The Balaban J connectivity index is 1.84. The summed E-state index contributed by atoms with van der Waals surface area (Å²) in [5.41, 5.74) is 4.92. The molecule has 0 amide bonds. The SMILES string of the molecule is COc1ccc([C@H]2Nc3ccccc3-n3c(-c4ccccc4)c4c(=O)n(C)c(=O)n(C)c4c32)c(OC)c1. The molecule has 0 spiro atoms. The molecule has 8 heteroatoms. The summed E-state index contributed by atoms with van der Waals surface area (Å²) in [7, 11) is 6.46. The summed E-state index contributed by atoms with van der Waals surface area (Å²) in [6, 6.07) is 23.0. The van der Waals surface area contributed by atoms with Gasteiger partial charge in [0, 0.05) is 25.7 Å². The van der Waals surface area contributed by atoms with Crippen LogP contribution in [0.5, 0.6) is 11.5 Å². The van der Waals surface area contributed by atoms with Gasteiger partial charge in [0.15, 0.2) is 0 Å². The minimum atomic E-state index is -0.423. The number of hydrogen-bond donors (Lipinski definition) is 1. The lowest BCUT2D eigenvalue weighted by atomic mass is 9.98. The summed E-state index contributed by atoms with van der Waals surface area (Å²) in [5.74, 6) is 1.30. The van der Waals surface area contributed by atoms with E-state index in [0.29, 0.717) is 22.4 Å². The zero-order chi connectivity index (χ0) is 25.8. The first kappa shape index (κ1) is 22.7. The molecule has 3 aromatic carbocycles. The first-order chi connectivity index (χ1) is 18.0. The fourth-order valence-electron chi connectivity index (χ4n) is 5.38. The van der Waals surface area contributed by atoms with Gasteiger partial charge in [-0.25, -0.2) is 4.79 Å². The average molecular weight is 495 g/mol. The van der Waals surface area contributed by atoms with E-state index in [1.165, 1.54) is 11.6 Å². The van der Waals surface area contributed by atoms with Crippen LogP contribution >= 0.6 is 0 Å². The molecule has 0 unspecified atom stereocenters. The van der Waals surface area contributed by atoms with E-state index in [4.69, 9.17) is 9.47 Å². The van der Waals surface area contributed by atoms with E-state index in [1.54, 1.807) is 25.8 Å². The van der Waals surface area contributed by atoms with Crippen LogP contribution < -0.4 is 26.0 Å². The molecule has 0 bridgehead atoms. The lowest BCUT2D eigenvalue weighted by Gasteiger charge is -2.32. The lowest BCUT2D eigenvalue weighted by molar-refractivity contribution is 0.390. The van der Waals surface area contributed by atoms with Crippen LogP contribution in [0.15, 0.2) is 82.4 Å². The lowest BCUT2D eigenvalue weighted by Crippen LogP contribution is -2.37. The maximum absolute atomic E-state index is 13.7. The number of para-hydroxylation sites is 2. The molecule has 5 aromatic rings. The standard InChI is InChI=1S/C29H26N4O4/c1-31-26-23(28(34)32(2)29(31)35)25(17-10-6-5-7-11-17)33-21-13-9-8-12-20(21)30-24(27(26)33)19-15-14-18(36-3)16-22(19)37-4/h5-16,24,30H,1-4H3/t24-/m1/s1. The summed E-state index contributed by atoms with van der Waals surface area (Å²) in [4.78, 5) is 26.9. The van der Waals surface area contributed by atoms with E-state index in [1.807, 2.05) is 72.8 Å². The molecule has 1 N–H and O–H groups in total. The molecule has 1 atom stereocenters. The van der Waals surface area contributed by atoms with Gasteiger partial charge in [-0.15, -0.1) is 0 Å². The van der Waals surface area contributed by atoms with E-state index in [9.17, 15) is 9.59 Å². The Morgan fingerprint density at radius 2 is 1.57 bits per heavy atom. The van der Waals surface area contributed by atoms with Gasteiger partial charge in [-0.05, 0) is 29.8 Å². The summed E-state index contributed by atoms with van der Waals surface area (Å²) in [6.45, 7) is 0. The number of hydrogen-bond acceptors (Lipinski definition) is 5. The predicted octanol–water partition coefficient (Wildman–Crippen LogP) is 4.23. The Labute approximate surface area is 212 Å². The summed E-state index contributed by atoms with van der Waals surface area (Å²) in [5, 5.41) is 4.14. The number of fused-ring (bicyclic) bond motifs is 5. The fraction of sp³-hybridized carbons (Fsp3) is 0.172. The molecule has 6 rings (SSSR count). The maximum Gasteiger partial charge on any atom is 0.331 e. The first-order valence-corrected chi connectivity index (χ1v) is 11.9. The Kier molecular flexibility index (Phi) is 5.19. The molecular weight excluding hydrogens is 468 g/mol. The zero-order valence-electron chi connectivity index (χ0n) is 21.0. The van der Waals surface area contributed by atoms with E-state index in [0.717, 1.165) is 33.9 Å². The molecule has 37 heavy (non-hydrogen) atoms. The number of anilines is 1. The normalized spacial score (nSPS) is 14.1. The van der Waals surface area contributed by atoms with Gasteiger partial charge in [0.2, 0.25) is 0 Å². The average Bonchev–Trinajstić information content (AvgIpc) is 3.31.